The van der Waals surface area contributed by atoms with Gasteiger partial charge in [0.25, 0.3) is 0 Å². The Balaban J connectivity index is 0.000000345. The van der Waals surface area contributed by atoms with Crippen LogP contribution in [0, 0.1) is 17.0 Å². The minimum absolute atomic E-state index is 0.000851. The van der Waals surface area contributed by atoms with Gasteiger partial charge in [-0.25, -0.2) is 14.2 Å². The summed E-state index contributed by atoms with van der Waals surface area (Å²) in [5.41, 5.74) is 7.78. The highest BCUT2D eigenvalue weighted by molar-refractivity contribution is 5.93. The van der Waals surface area contributed by atoms with E-state index in [0.29, 0.717) is 49.4 Å². The zero-order valence-corrected chi connectivity index (χ0v) is 43.0. The summed E-state index contributed by atoms with van der Waals surface area (Å²) in [7, 11) is 5.68. The Kier molecular flexibility index (Phi) is 28.8. The van der Waals surface area contributed by atoms with Crippen LogP contribution in [-0.2, 0) is 43.2 Å². The molecule has 1 heterocycles. The van der Waals surface area contributed by atoms with Crippen molar-refractivity contribution in [3.8, 4) is 11.5 Å². The fraction of sp³-hybridized carbons (Fsp3) is 0.382. The second kappa shape index (κ2) is 33.7. The molecule has 0 aliphatic carbocycles. The van der Waals surface area contributed by atoms with Crippen LogP contribution in [0.1, 0.15) is 93.3 Å². The van der Waals surface area contributed by atoms with Crippen molar-refractivity contribution in [1.82, 2.24) is 31.7 Å². The van der Waals surface area contributed by atoms with Gasteiger partial charge in [0, 0.05) is 62.4 Å². The molecule has 2 atom stereocenters. The van der Waals surface area contributed by atoms with Crippen molar-refractivity contribution < 1.29 is 55.5 Å². The number of hydrogen-bond donors (Lipinski definition) is 6. The van der Waals surface area contributed by atoms with E-state index in [9.17, 15) is 50.7 Å². The summed E-state index contributed by atoms with van der Waals surface area (Å²) in [5, 5.41) is 12.8. The second-order valence-electron chi connectivity index (χ2n) is 17.7. The molecule has 0 spiro atoms. The maximum atomic E-state index is 12.7. The molecule has 0 aromatic heterocycles. The fourth-order valence-corrected chi connectivity index (χ4v) is 7.09. The third kappa shape index (κ3) is 22.9. The minimum atomic E-state index is -4.37. The van der Waals surface area contributed by atoms with Gasteiger partial charge in [-0.15, -0.1) is 0 Å². The van der Waals surface area contributed by atoms with Crippen molar-refractivity contribution in [2.75, 3.05) is 39.5 Å². The van der Waals surface area contributed by atoms with Crippen molar-refractivity contribution in [3.63, 3.8) is 0 Å². The number of nitrogens with zero attached hydrogens (tertiary/aromatic N) is 1. The van der Waals surface area contributed by atoms with Crippen molar-refractivity contribution in [1.29, 1.82) is 0 Å². The Bertz CT molecular complexity index is 2460. The van der Waals surface area contributed by atoms with E-state index in [0.717, 1.165) is 86.2 Å². The Morgan fingerprint density at radius 1 is 0.784 bits per heavy atom. The molecule has 402 valence electrons. The summed E-state index contributed by atoms with van der Waals surface area (Å²) in [6.45, 7) is 11.0. The van der Waals surface area contributed by atoms with Gasteiger partial charge >= 0.3 is 6.18 Å². The number of nitrogens with one attached hydrogen (secondary N) is 6. The zero-order chi connectivity index (χ0) is 55.1. The molecule has 3 amide bonds. The number of anilines is 1. The molecule has 0 bridgehead atoms. The highest BCUT2D eigenvalue weighted by Crippen LogP contribution is 2.34. The molecule has 1 fully saturated rings. The third-order valence-corrected chi connectivity index (χ3v) is 10.7. The molecule has 0 saturated carbocycles. The maximum absolute atomic E-state index is 12.7. The Morgan fingerprint density at radius 3 is 1.92 bits per heavy atom. The molecule has 14 nitrogen and oxygen atoms in total. The zero-order valence-electron chi connectivity index (χ0n) is 43.0. The van der Waals surface area contributed by atoms with Crippen LogP contribution in [0.5, 0.6) is 11.5 Å². The van der Waals surface area contributed by atoms with E-state index in [1.165, 1.54) is 29.3 Å². The lowest BCUT2D eigenvalue weighted by Crippen LogP contribution is -2.56. The van der Waals surface area contributed by atoms with Crippen LogP contribution < -0.4 is 36.9 Å². The first-order chi connectivity index (χ1) is 35.3. The van der Waals surface area contributed by atoms with E-state index in [1.807, 2.05) is 58.1 Å². The number of hydrogen-bond acceptors (Lipinski definition) is 11. The Labute approximate surface area is 430 Å². The summed E-state index contributed by atoms with van der Waals surface area (Å²) in [4.78, 5) is 66.5. The van der Waals surface area contributed by atoms with Gasteiger partial charge in [-0.2, -0.15) is 13.2 Å². The van der Waals surface area contributed by atoms with Gasteiger partial charge in [-0.1, -0.05) is 76.2 Å². The molecule has 5 aromatic rings. The lowest BCUT2D eigenvalue weighted by atomic mass is 9.86. The lowest BCUT2D eigenvalue weighted by molar-refractivity contribution is -0.137. The van der Waals surface area contributed by atoms with E-state index in [-0.39, 0.29) is 35.7 Å². The second-order valence-corrected chi connectivity index (χ2v) is 17.7. The highest BCUT2D eigenvalue weighted by atomic mass is 19.4. The molecule has 6 N–H and O–H groups in total. The number of ether oxygens (including phenoxy) is 1. The number of carbonyl (C=O) groups is 6. The maximum Gasteiger partial charge on any atom is 0.416 e. The summed E-state index contributed by atoms with van der Waals surface area (Å²) in [6, 6.07) is 26.6. The Hall–Kier alpha value is -6.93. The Morgan fingerprint density at radius 2 is 1.39 bits per heavy atom. The number of aldehydes is 3. The predicted molar refractivity (Wildman–Crippen MR) is 278 cm³/mol. The molecule has 6 rings (SSSR count). The fourth-order valence-electron chi connectivity index (χ4n) is 7.09. The average Bonchev–Trinajstić information content (AvgIpc) is 3.84. The molecule has 1 saturated heterocycles. The van der Waals surface area contributed by atoms with Crippen molar-refractivity contribution >= 4 is 53.5 Å². The lowest BCUT2D eigenvalue weighted by Gasteiger charge is -2.33. The summed E-state index contributed by atoms with van der Waals surface area (Å²) >= 11 is 0. The molecule has 74 heavy (non-hydrogen) atoms. The minimum Gasteiger partial charge on any atom is -0.457 e. The van der Waals surface area contributed by atoms with Crippen molar-refractivity contribution in [2.24, 2.45) is 5.41 Å². The van der Waals surface area contributed by atoms with Gasteiger partial charge in [0.2, 0.25) is 18.2 Å². The summed E-state index contributed by atoms with van der Waals surface area (Å²) < 4.78 is 68.5. The van der Waals surface area contributed by atoms with Gasteiger partial charge in [0.1, 0.15) is 53.7 Å². The number of benzene rings is 5. The SMILES string of the molecule is CCC=O.CNCc1cccc(CNC)c1.CNN[C@H](C(=O)N1CC[C@H](NC(=O)CCCCC=O)C1)C(C)(C)C.O=CNc1c(F)cccc1F.O=Cc1ccc2c(Oc3ccc(C(F)(F)F)cc3)cccc2c1. The first-order valence-electron chi connectivity index (χ1n) is 24.0. The first-order valence-corrected chi connectivity index (χ1v) is 24.0. The largest absolute Gasteiger partial charge is 0.457 e. The normalized spacial score (nSPS) is 13.1. The van der Waals surface area contributed by atoms with Crippen LogP contribution in [0.25, 0.3) is 10.8 Å². The quantitative estimate of drug-likeness (QED) is 0.0200. The summed E-state index contributed by atoms with van der Waals surface area (Å²) in [6.07, 6.45) is 2.18. The van der Waals surface area contributed by atoms with Crippen LogP contribution >= 0.6 is 0 Å². The standard InChI is InChI=1S/C18H11F3O2.C17H32N4O3.C10H16N2.C7H5F2NO.C3H6O/c19-18(20,21)14-5-7-15(8-6-14)23-17-3-1-2-13-10-12(11-22)4-9-16(13)17;1-17(2,3)15(20-18-4)16(24)21-10-9-13(12-21)19-14(23)8-6-5-7-11-22;1-11-7-9-4-3-5-10(6-9)8-12-2;8-5-2-1-3-6(9)7(5)10-4-11;1-2-3-4/h1-11H;11,13,15,18,20H,5-10,12H2,1-4H3,(H,19,23);3-6,11-12H,7-8H2,1-2H3;1-4H,(H,10,11);3H,2H2,1H3/t;13-,15+;;;/m.0.../s1. The third-order valence-electron chi connectivity index (χ3n) is 10.7. The number of unbranched alkanes of at least 4 members (excludes halogenated alkanes) is 2. The molecule has 5 aromatic carbocycles. The smallest absolute Gasteiger partial charge is 0.416 e. The van der Waals surface area contributed by atoms with E-state index in [4.69, 9.17) is 4.74 Å². The van der Waals surface area contributed by atoms with Gasteiger partial charge < -0.3 is 40.5 Å². The van der Waals surface area contributed by atoms with Gasteiger partial charge in [0.05, 0.1) is 5.56 Å². The molecular formula is C55H70F5N7O7. The number of para-hydroxylation sites is 1. The van der Waals surface area contributed by atoms with Crippen LogP contribution in [0.2, 0.25) is 0 Å². The molecule has 1 aliphatic heterocycles. The molecule has 1 aliphatic rings. The van der Waals surface area contributed by atoms with Gasteiger partial charge in [-0.05, 0) is 117 Å². The monoisotopic (exact) mass is 1040 g/mol. The number of alkyl halides is 3. The number of carbonyl (C=O) groups excluding carboxylic acids is 6. The van der Waals surface area contributed by atoms with Crippen molar-refractivity contribution in [2.45, 2.75) is 97.6 Å². The van der Waals surface area contributed by atoms with Crippen LogP contribution in [0.15, 0.2) is 103 Å². The molecule has 0 radical (unpaired) electrons. The number of halogens is 5. The molecular weight excluding hydrogens is 966 g/mol. The average molecular weight is 1040 g/mol. The number of hydrazine groups is 1. The van der Waals surface area contributed by atoms with Gasteiger partial charge in [-0.3, -0.25) is 24.6 Å². The van der Waals surface area contributed by atoms with Crippen LogP contribution in [-0.4, -0.2) is 88.3 Å². The van der Waals surface area contributed by atoms with Crippen LogP contribution in [0.3, 0.4) is 0 Å². The first kappa shape index (κ1) is 63.2. The van der Waals surface area contributed by atoms with E-state index >= 15 is 0 Å². The van der Waals surface area contributed by atoms with Crippen LogP contribution in [0.4, 0.5) is 27.6 Å². The summed E-state index contributed by atoms with van der Waals surface area (Å²) in [5.74, 6) is -0.681. The number of likely N-dealkylation sites (tertiary alicyclic amines) is 1. The van der Waals surface area contributed by atoms with Crippen molar-refractivity contribution in [3.05, 3.63) is 137 Å². The topological polar surface area (TPSA) is 187 Å². The van der Waals surface area contributed by atoms with E-state index < -0.39 is 29.1 Å². The van der Waals surface area contributed by atoms with E-state index in [1.54, 1.807) is 37.4 Å². The number of rotatable bonds is 19. The number of fused-ring (bicyclic) bond motifs is 1. The molecule has 19 heteroatoms. The molecule has 0 unspecified atom stereocenters. The van der Waals surface area contributed by atoms with Gasteiger partial charge in [0.15, 0.2) is 0 Å². The number of amides is 3. The van der Waals surface area contributed by atoms with E-state index in [2.05, 4.69) is 51.1 Å². The highest BCUT2D eigenvalue weighted by Gasteiger charge is 2.37. The predicted octanol–water partition coefficient (Wildman–Crippen LogP) is 9.32.